The Hall–Kier alpha value is -2.66. The molecular weight excluding hydrogens is 517 g/mol. The second kappa shape index (κ2) is 11.4. The normalized spacial score (nSPS) is 14.5. The first-order chi connectivity index (χ1) is 16.5. The number of halogens is 2. The summed E-state index contributed by atoms with van der Waals surface area (Å²) < 4.78 is 32.3. The van der Waals surface area contributed by atoms with Crippen molar-refractivity contribution >= 4 is 51.0 Å². The number of esters is 1. The molecule has 12 heteroatoms. The van der Waals surface area contributed by atoms with Crippen LogP contribution in [0, 0.1) is 13.8 Å². The number of carbonyl (C=O) groups is 3. The summed E-state index contributed by atoms with van der Waals surface area (Å²) in [6.45, 7) is 3.29. The molecule has 2 aromatic rings. The first-order valence-corrected chi connectivity index (χ1v) is 12.9. The minimum atomic E-state index is -3.68. The molecule has 1 fully saturated rings. The van der Waals surface area contributed by atoms with Crippen LogP contribution in [0.1, 0.15) is 21.5 Å². The Kier molecular flexibility index (Phi) is 8.76. The summed E-state index contributed by atoms with van der Waals surface area (Å²) in [4.78, 5) is 38.2. The Morgan fingerprint density at radius 1 is 1.00 bits per heavy atom. The van der Waals surface area contributed by atoms with Crippen LogP contribution < -0.4 is 5.32 Å². The Labute approximate surface area is 214 Å². The molecule has 3 rings (SSSR count). The van der Waals surface area contributed by atoms with E-state index in [4.69, 9.17) is 27.9 Å². The van der Waals surface area contributed by atoms with Gasteiger partial charge in [0.05, 0.1) is 15.5 Å². The van der Waals surface area contributed by atoms with Crippen LogP contribution in [0.25, 0.3) is 0 Å². The van der Waals surface area contributed by atoms with E-state index in [0.717, 1.165) is 5.56 Å². The van der Waals surface area contributed by atoms with Crippen molar-refractivity contribution in [3.8, 4) is 0 Å². The maximum absolute atomic E-state index is 13.0. The highest BCUT2D eigenvalue weighted by Crippen LogP contribution is 2.22. The molecule has 0 atom stereocenters. The second-order valence-electron chi connectivity index (χ2n) is 8.02. The fourth-order valence-electron chi connectivity index (χ4n) is 3.61. The summed E-state index contributed by atoms with van der Waals surface area (Å²) in [5.74, 6) is -1.84. The van der Waals surface area contributed by atoms with E-state index in [1.165, 1.54) is 27.4 Å². The Morgan fingerprint density at radius 2 is 1.69 bits per heavy atom. The lowest BCUT2D eigenvalue weighted by Gasteiger charge is -2.34. The van der Waals surface area contributed by atoms with Crippen molar-refractivity contribution in [3.63, 3.8) is 0 Å². The third-order valence-corrected chi connectivity index (χ3v) is 8.07. The van der Waals surface area contributed by atoms with Crippen LogP contribution in [0.15, 0.2) is 41.3 Å². The molecule has 0 aliphatic carbocycles. The minimum Gasteiger partial charge on any atom is -0.454 e. The van der Waals surface area contributed by atoms with E-state index in [-0.39, 0.29) is 41.7 Å². The molecule has 1 aliphatic rings. The highest BCUT2D eigenvalue weighted by Gasteiger charge is 2.31. The number of hydrogen-bond acceptors (Lipinski definition) is 6. The van der Waals surface area contributed by atoms with Crippen LogP contribution >= 0.6 is 23.2 Å². The van der Waals surface area contributed by atoms with E-state index in [9.17, 15) is 22.8 Å². The van der Waals surface area contributed by atoms with Gasteiger partial charge in [-0.25, -0.2) is 8.42 Å². The molecule has 0 radical (unpaired) electrons. The second-order valence-corrected chi connectivity index (χ2v) is 10.8. The maximum atomic E-state index is 13.0. The molecule has 0 unspecified atom stereocenters. The van der Waals surface area contributed by atoms with Crippen LogP contribution in [0.4, 0.5) is 0 Å². The SMILES string of the molecule is Cc1ccc(S(=O)(=O)N2CCN(C(=O)COC(=O)CNC(=O)c3ccc(Cl)cc3Cl)CC2)c(C)c1. The predicted molar refractivity (Wildman–Crippen MR) is 131 cm³/mol. The molecule has 1 N–H and O–H groups in total. The number of carbonyl (C=O) groups excluding carboxylic acids is 3. The third-order valence-electron chi connectivity index (χ3n) is 5.47. The zero-order valence-electron chi connectivity index (χ0n) is 19.2. The van der Waals surface area contributed by atoms with E-state index in [0.29, 0.717) is 10.6 Å². The number of rotatable bonds is 7. The van der Waals surface area contributed by atoms with Crippen molar-refractivity contribution in [1.82, 2.24) is 14.5 Å². The monoisotopic (exact) mass is 541 g/mol. The van der Waals surface area contributed by atoms with Gasteiger partial charge in [-0.15, -0.1) is 0 Å². The molecule has 1 aliphatic heterocycles. The zero-order chi connectivity index (χ0) is 25.8. The summed E-state index contributed by atoms with van der Waals surface area (Å²) in [6.07, 6.45) is 0. The minimum absolute atomic E-state index is 0.132. The van der Waals surface area contributed by atoms with Crippen LogP contribution in [0.5, 0.6) is 0 Å². The van der Waals surface area contributed by atoms with Crippen molar-refractivity contribution in [2.75, 3.05) is 39.3 Å². The first kappa shape index (κ1) is 26.9. The summed E-state index contributed by atoms with van der Waals surface area (Å²) in [7, 11) is -3.68. The summed E-state index contributed by atoms with van der Waals surface area (Å²) in [5.41, 5.74) is 1.79. The highest BCUT2D eigenvalue weighted by molar-refractivity contribution is 7.89. The van der Waals surface area contributed by atoms with Gasteiger partial charge in [0.2, 0.25) is 10.0 Å². The molecule has 35 heavy (non-hydrogen) atoms. The van der Waals surface area contributed by atoms with Gasteiger partial charge in [-0.05, 0) is 43.7 Å². The van der Waals surface area contributed by atoms with Gasteiger partial charge in [0.1, 0.15) is 6.54 Å². The number of hydrogen-bond donors (Lipinski definition) is 1. The largest absolute Gasteiger partial charge is 0.454 e. The maximum Gasteiger partial charge on any atom is 0.325 e. The van der Waals surface area contributed by atoms with Crippen molar-refractivity contribution < 1.29 is 27.5 Å². The number of aryl methyl sites for hydroxylation is 2. The number of nitrogens with zero attached hydrogens (tertiary/aromatic N) is 2. The zero-order valence-corrected chi connectivity index (χ0v) is 21.5. The van der Waals surface area contributed by atoms with Gasteiger partial charge in [0.25, 0.3) is 11.8 Å². The number of nitrogens with one attached hydrogen (secondary N) is 1. The average molecular weight is 542 g/mol. The van der Waals surface area contributed by atoms with Gasteiger partial charge in [0.15, 0.2) is 6.61 Å². The van der Waals surface area contributed by atoms with E-state index in [1.54, 1.807) is 19.1 Å². The van der Waals surface area contributed by atoms with Gasteiger partial charge in [-0.1, -0.05) is 40.9 Å². The smallest absolute Gasteiger partial charge is 0.325 e. The van der Waals surface area contributed by atoms with E-state index < -0.39 is 41.0 Å². The number of sulfonamides is 1. The summed E-state index contributed by atoms with van der Waals surface area (Å²) in [5, 5.41) is 2.87. The Morgan fingerprint density at radius 3 is 2.31 bits per heavy atom. The summed E-state index contributed by atoms with van der Waals surface area (Å²) >= 11 is 11.8. The molecule has 1 heterocycles. The predicted octanol–water partition coefficient (Wildman–Crippen LogP) is 2.42. The highest BCUT2D eigenvalue weighted by atomic mass is 35.5. The number of amides is 2. The molecule has 1 saturated heterocycles. The lowest BCUT2D eigenvalue weighted by molar-refractivity contribution is -0.151. The van der Waals surface area contributed by atoms with Gasteiger partial charge < -0.3 is 15.0 Å². The Balaban J connectivity index is 1.45. The van der Waals surface area contributed by atoms with Crippen LogP contribution in [-0.4, -0.2) is 74.7 Å². The van der Waals surface area contributed by atoms with Crippen molar-refractivity contribution in [1.29, 1.82) is 0 Å². The van der Waals surface area contributed by atoms with E-state index in [2.05, 4.69) is 5.32 Å². The van der Waals surface area contributed by atoms with Gasteiger partial charge in [0, 0.05) is 31.2 Å². The van der Waals surface area contributed by atoms with E-state index in [1.807, 2.05) is 13.0 Å². The van der Waals surface area contributed by atoms with Crippen LogP contribution in [0.2, 0.25) is 10.0 Å². The van der Waals surface area contributed by atoms with Gasteiger partial charge in [-0.3, -0.25) is 14.4 Å². The topological polar surface area (TPSA) is 113 Å². The molecule has 188 valence electrons. The molecular formula is C23H25Cl2N3O6S. The van der Waals surface area contributed by atoms with Crippen molar-refractivity contribution in [2.45, 2.75) is 18.7 Å². The van der Waals surface area contributed by atoms with Gasteiger partial charge in [-0.2, -0.15) is 4.31 Å². The van der Waals surface area contributed by atoms with Crippen LogP contribution in [-0.2, 0) is 24.3 Å². The fourth-order valence-corrected chi connectivity index (χ4v) is 5.73. The molecule has 0 aromatic heterocycles. The first-order valence-electron chi connectivity index (χ1n) is 10.7. The summed E-state index contributed by atoms with van der Waals surface area (Å²) in [6, 6.07) is 9.48. The number of ether oxygens (including phenoxy) is 1. The molecule has 0 saturated carbocycles. The van der Waals surface area contributed by atoms with Crippen molar-refractivity contribution in [3.05, 3.63) is 63.1 Å². The van der Waals surface area contributed by atoms with Crippen molar-refractivity contribution in [2.24, 2.45) is 0 Å². The molecule has 9 nitrogen and oxygen atoms in total. The molecule has 0 spiro atoms. The third kappa shape index (κ3) is 6.72. The quantitative estimate of drug-likeness (QED) is 0.538. The van der Waals surface area contributed by atoms with Crippen LogP contribution in [0.3, 0.4) is 0 Å². The standard InChI is InChI=1S/C23H25Cl2N3O6S/c1-15-3-6-20(16(2)11-15)35(32,33)28-9-7-27(8-10-28)21(29)14-34-22(30)13-26-23(31)18-5-4-17(24)12-19(18)25/h3-6,11-12H,7-10,13-14H2,1-2H3,(H,26,31). The lowest BCUT2D eigenvalue weighted by Crippen LogP contribution is -2.51. The number of benzene rings is 2. The van der Waals surface area contributed by atoms with E-state index >= 15 is 0 Å². The molecule has 0 bridgehead atoms. The lowest BCUT2D eigenvalue weighted by atomic mass is 10.2. The molecule has 2 amide bonds. The number of piperazine rings is 1. The Bertz CT molecular complexity index is 1240. The molecule has 2 aromatic carbocycles. The fraction of sp³-hybridized carbons (Fsp3) is 0.348. The van der Waals surface area contributed by atoms with Gasteiger partial charge >= 0.3 is 5.97 Å². The average Bonchev–Trinajstić information content (AvgIpc) is 2.80.